The lowest BCUT2D eigenvalue weighted by atomic mass is 9.97. The van der Waals surface area contributed by atoms with Gasteiger partial charge in [-0.15, -0.1) is 0 Å². The Morgan fingerprint density at radius 3 is 1.82 bits per heavy atom. The van der Waals surface area contributed by atoms with E-state index in [9.17, 15) is 38.7 Å². The van der Waals surface area contributed by atoms with Gasteiger partial charge in [-0.25, -0.2) is 9.59 Å². The number of carboxylic acid groups (broad SMARTS) is 2. The summed E-state index contributed by atoms with van der Waals surface area (Å²) in [5.41, 5.74) is 6.43. The number of carboxylic acids is 2. The van der Waals surface area contributed by atoms with Crippen molar-refractivity contribution in [1.82, 2.24) is 21.3 Å². The number of carbonyl (C=O) groups is 7. The number of hydrogen-bond acceptors (Lipinski definition) is 9. The molecule has 0 radical (unpaired) electrons. The minimum absolute atomic E-state index is 0.00516. The maximum atomic E-state index is 13.7. The number of anilines is 1. The van der Waals surface area contributed by atoms with Gasteiger partial charge in [-0.05, 0) is 54.5 Å². The molecule has 0 unspecified atom stereocenters. The molecule has 2 aromatic carbocycles. The SMILES string of the molecule is CC(C)C[C@H](NC(=O)[C@@H](NC(=O)[C@H](CN)NC(=O)C(=O)O)C(C)C)C(=O)N[C@@H](Cc1ccccc1)[C@@H](O)C(=O)Nc1ccc(C(=O)O)cc1. The van der Waals surface area contributed by atoms with E-state index in [-0.39, 0.29) is 30.0 Å². The number of nitrogens with two attached hydrogens (primary N) is 1. The molecule has 0 aliphatic carbocycles. The molecule has 0 spiro atoms. The molecular formula is C33H44N6O10. The van der Waals surface area contributed by atoms with Crippen LogP contribution in [-0.2, 0) is 35.2 Å². The molecule has 0 saturated heterocycles. The topological polar surface area (TPSA) is 266 Å². The van der Waals surface area contributed by atoms with Crippen molar-refractivity contribution in [3.63, 3.8) is 0 Å². The summed E-state index contributed by atoms with van der Waals surface area (Å²) in [5.74, 6) is -8.35. The fraction of sp³-hybridized carbons (Fsp3) is 0.424. The molecular weight excluding hydrogens is 640 g/mol. The third-order valence-electron chi connectivity index (χ3n) is 7.31. The second-order valence-electron chi connectivity index (χ2n) is 12.1. The second kappa shape index (κ2) is 18.8. The van der Waals surface area contributed by atoms with Crippen LogP contribution in [0.2, 0.25) is 0 Å². The van der Waals surface area contributed by atoms with E-state index in [1.54, 1.807) is 44.2 Å². The number of benzene rings is 2. The number of nitrogens with one attached hydrogen (secondary N) is 5. The molecule has 49 heavy (non-hydrogen) atoms. The van der Waals surface area contributed by atoms with Crippen LogP contribution < -0.4 is 32.3 Å². The van der Waals surface area contributed by atoms with Gasteiger partial charge in [-0.2, -0.15) is 0 Å². The Bertz CT molecular complexity index is 1480. The van der Waals surface area contributed by atoms with E-state index < -0.39 is 84.2 Å². The molecule has 0 heterocycles. The molecule has 266 valence electrons. The second-order valence-corrected chi connectivity index (χ2v) is 12.1. The molecule has 0 aromatic heterocycles. The maximum absolute atomic E-state index is 13.7. The largest absolute Gasteiger partial charge is 0.478 e. The molecule has 0 saturated carbocycles. The van der Waals surface area contributed by atoms with Gasteiger partial charge in [-0.3, -0.25) is 24.0 Å². The van der Waals surface area contributed by atoms with E-state index >= 15 is 0 Å². The smallest absolute Gasteiger partial charge is 0.394 e. The standard InChI is InChI=1S/C33H44N6O10/c1-17(2)14-23(37-29(43)25(18(3)4)39-28(42)24(16-34)38-31(45)33(48)49)27(41)36-22(15-19-8-6-5-7-9-19)26(40)30(44)35-21-12-10-20(11-13-21)32(46)47/h5-13,17-18,22-26,40H,14-16,34H2,1-4H3,(H,35,44)(H,36,41)(H,37,43)(H,38,45)(H,39,42)(H,46,47)(H,48,49)/t22-,23-,24-,25-,26+/m0/s1. The van der Waals surface area contributed by atoms with E-state index in [0.717, 1.165) is 0 Å². The van der Waals surface area contributed by atoms with Gasteiger partial charge >= 0.3 is 17.8 Å². The lowest BCUT2D eigenvalue weighted by Crippen LogP contribution is -2.61. The van der Waals surface area contributed by atoms with Gasteiger partial charge in [0.25, 0.3) is 5.91 Å². The van der Waals surface area contributed by atoms with Crippen LogP contribution in [0.3, 0.4) is 0 Å². The number of rotatable bonds is 17. The molecule has 5 atom stereocenters. The Labute approximate surface area is 283 Å². The molecule has 16 nitrogen and oxygen atoms in total. The summed E-state index contributed by atoms with van der Waals surface area (Å²) in [4.78, 5) is 86.8. The zero-order valence-electron chi connectivity index (χ0n) is 27.6. The van der Waals surface area contributed by atoms with Crippen molar-refractivity contribution in [1.29, 1.82) is 0 Å². The summed E-state index contributed by atoms with van der Waals surface area (Å²) >= 11 is 0. The quantitative estimate of drug-likeness (QED) is 0.0969. The monoisotopic (exact) mass is 684 g/mol. The van der Waals surface area contributed by atoms with Gasteiger partial charge in [0.05, 0.1) is 11.6 Å². The summed E-state index contributed by atoms with van der Waals surface area (Å²) < 4.78 is 0. The molecule has 16 heteroatoms. The highest BCUT2D eigenvalue weighted by atomic mass is 16.4. The highest BCUT2D eigenvalue weighted by molar-refractivity contribution is 6.32. The molecule has 2 rings (SSSR count). The third-order valence-corrected chi connectivity index (χ3v) is 7.31. The van der Waals surface area contributed by atoms with Gasteiger partial charge in [0.15, 0.2) is 6.10 Å². The van der Waals surface area contributed by atoms with Crippen molar-refractivity contribution < 1.29 is 48.9 Å². The molecule has 0 aliphatic rings. The fourth-order valence-electron chi connectivity index (χ4n) is 4.69. The van der Waals surface area contributed by atoms with Crippen molar-refractivity contribution >= 4 is 47.2 Å². The van der Waals surface area contributed by atoms with Crippen LogP contribution in [0.15, 0.2) is 54.6 Å². The zero-order chi connectivity index (χ0) is 36.8. The van der Waals surface area contributed by atoms with Crippen molar-refractivity contribution in [3.8, 4) is 0 Å². The number of aliphatic carboxylic acids is 1. The lowest BCUT2D eigenvalue weighted by molar-refractivity contribution is -0.151. The van der Waals surface area contributed by atoms with Crippen molar-refractivity contribution in [2.75, 3.05) is 11.9 Å². The van der Waals surface area contributed by atoms with Crippen molar-refractivity contribution in [3.05, 3.63) is 65.7 Å². The number of amides is 5. The van der Waals surface area contributed by atoms with E-state index in [1.165, 1.54) is 24.3 Å². The van der Waals surface area contributed by atoms with E-state index in [2.05, 4.69) is 21.3 Å². The summed E-state index contributed by atoms with van der Waals surface area (Å²) in [6.07, 6.45) is -1.63. The van der Waals surface area contributed by atoms with Crippen LogP contribution in [0.5, 0.6) is 0 Å². The van der Waals surface area contributed by atoms with Crippen LogP contribution in [0.4, 0.5) is 5.69 Å². The number of hydrogen-bond donors (Lipinski definition) is 9. The molecule has 0 bridgehead atoms. The number of aliphatic hydroxyl groups excluding tert-OH is 1. The van der Waals surface area contributed by atoms with E-state index in [0.29, 0.717) is 5.56 Å². The lowest BCUT2D eigenvalue weighted by Gasteiger charge is -2.29. The summed E-state index contributed by atoms with van der Waals surface area (Å²) in [6, 6.07) is 8.98. The summed E-state index contributed by atoms with van der Waals surface area (Å²) in [6.45, 7) is 6.40. The Hall–Kier alpha value is -5.35. The maximum Gasteiger partial charge on any atom is 0.394 e. The minimum Gasteiger partial charge on any atom is -0.478 e. The average molecular weight is 685 g/mol. The van der Waals surface area contributed by atoms with E-state index in [4.69, 9.17) is 15.9 Å². The van der Waals surface area contributed by atoms with Gasteiger partial charge in [0, 0.05) is 12.2 Å². The summed E-state index contributed by atoms with van der Waals surface area (Å²) in [5, 5.41) is 41.4. The first-order valence-electron chi connectivity index (χ1n) is 15.5. The molecule has 0 fully saturated rings. The average Bonchev–Trinajstić information content (AvgIpc) is 3.04. The Morgan fingerprint density at radius 1 is 0.714 bits per heavy atom. The predicted octanol–water partition coefficient (Wildman–Crippen LogP) is -0.388. The Balaban J connectivity index is 2.28. The summed E-state index contributed by atoms with van der Waals surface area (Å²) in [7, 11) is 0. The van der Waals surface area contributed by atoms with Gasteiger partial charge in [-0.1, -0.05) is 58.0 Å². The molecule has 0 aliphatic heterocycles. The van der Waals surface area contributed by atoms with Crippen LogP contribution >= 0.6 is 0 Å². The highest BCUT2D eigenvalue weighted by Gasteiger charge is 2.34. The first-order chi connectivity index (χ1) is 23.0. The zero-order valence-corrected chi connectivity index (χ0v) is 27.6. The minimum atomic E-state index is -1.82. The highest BCUT2D eigenvalue weighted by Crippen LogP contribution is 2.14. The van der Waals surface area contributed by atoms with E-state index in [1.807, 2.05) is 19.2 Å². The van der Waals surface area contributed by atoms with Crippen molar-refractivity contribution in [2.24, 2.45) is 17.6 Å². The Kier molecular flexibility index (Phi) is 15.3. The van der Waals surface area contributed by atoms with Gasteiger partial charge < -0.3 is 47.6 Å². The number of aliphatic hydroxyl groups is 1. The molecule has 10 N–H and O–H groups in total. The molecule has 5 amide bonds. The fourth-order valence-corrected chi connectivity index (χ4v) is 4.69. The van der Waals surface area contributed by atoms with Gasteiger partial charge in [0.2, 0.25) is 17.7 Å². The van der Waals surface area contributed by atoms with Crippen LogP contribution in [0.25, 0.3) is 0 Å². The van der Waals surface area contributed by atoms with Crippen molar-refractivity contribution in [2.45, 2.75) is 70.8 Å². The first kappa shape index (κ1) is 39.8. The number of aromatic carboxylic acids is 1. The van der Waals surface area contributed by atoms with Crippen LogP contribution in [-0.4, -0.2) is 93.6 Å². The molecule has 2 aromatic rings. The normalized spacial score (nSPS) is 14.0. The predicted molar refractivity (Wildman–Crippen MR) is 177 cm³/mol. The first-order valence-corrected chi connectivity index (χ1v) is 15.5. The van der Waals surface area contributed by atoms with Crippen LogP contribution in [0, 0.1) is 11.8 Å². The van der Waals surface area contributed by atoms with Gasteiger partial charge in [0.1, 0.15) is 18.1 Å². The van der Waals surface area contributed by atoms with Crippen LogP contribution in [0.1, 0.15) is 50.0 Å². The Morgan fingerprint density at radius 2 is 1.31 bits per heavy atom. The third kappa shape index (κ3) is 12.6. The number of carbonyl (C=O) groups excluding carboxylic acids is 5.